The lowest BCUT2D eigenvalue weighted by atomic mass is 10.2. The molecule has 27 heavy (non-hydrogen) atoms. The standard InChI is InChI=1S/C20H24N2O5/c1-4-26-20(23)14-27-17-7-5-6-15(10-17)12-21-22-13-16-8-9-18(24-2)19(11-16)25-3/h5-12,22H,4,13-14H2,1-3H3/b21-12+. The molecule has 0 unspecified atom stereocenters. The molecule has 0 aliphatic rings. The molecule has 0 spiro atoms. The van der Waals surface area contributed by atoms with Crippen LogP contribution in [-0.4, -0.2) is 39.6 Å². The van der Waals surface area contributed by atoms with Crippen LogP contribution in [0.5, 0.6) is 17.2 Å². The Bertz CT molecular complexity index is 777. The van der Waals surface area contributed by atoms with Crippen molar-refractivity contribution >= 4 is 12.2 Å². The second kappa shape index (κ2) is 10.7. The van der Waals surface area contributed by atoms with Crippen LogP contribution in [0.1, 0.15) is 18.1 Å². The number of ether oxygens (including phenoxy) is 4. The first kappa shape index (κ1) is 20.1. The lowest BCUT2D eigenvalue weighted by Gasteiger charge is -2.09. The highest BCUT2D eigenvalue weighted by atomic mass is 16.6. The summed E-state index contributed by atoms with van der Waals surface area (Å²) in [5.41, 5.74) is 4.84. The second-order valence-electron chi connectivity index (χ2n) is 5.45. The summed E-state index contributed by atoms with van der Waals surface area (Å²) in [4.78, 5) is 11.3. The summed E-state index contributed by atoms with van der Waals surface area (Å²) in [5, 5.41) is 4.21. The van der Waals surface area contributed by atoms with Crippen molar-refractivity contribution in [1.29, 1.82) is 0 Å². The first-order valence-corrected chi connectivity index (χ1v) is 8.51. The molecule has 7 nitrogen and oxygen atoms in total. The molecule has 0 saturated carbocycles. The van der Waals surface area contributed by atoms with E-state index in [1.165, 1.54) is 0 Å². The van der Waals surface area contributed by atoms with Crippen LogP contribution in [0.25, 0.3) is 0 Å². The Morgan fingerprint density at radius 2 is 1.93 bits per heavy atom. The molecule has 7 heteroatoms. The molecule has 0 aliphatic carbocycles. The summed E-state index contributed by atoms with van der Waals surface area (Å²) in [6.45, 7) is 2.51. The van der Waals surface area contributed by atoms with Crippen LogP contribution in [0.4, 0.5) is 0 Å². The molecule has 2 rings (SSSR count). The van der Waals surface area contributed by atoms with Gasteiger partial charge in [-0.05, 0) is 42.3 Å². The van der Waals surface area contributed by atoms with E-state index in [9.17, 15) is 4.79 Å². The maximum absolute atomic E-state index is 11.3. The van der Waals surface area contributed by atoms with Crippen LogP contribution in [0.2, 0.25) is 0 Å². The SMILES string of the molecule is CCOC(=O)COc1cccc(/C=N/NCc2ccc(OC)c(OC)c2)c1. The summed E-state index contributed by atoms with van der Waals surface area (Å²) < 4.78 is 20.7. The molecule has 2 aromatic carbocycles. The first-order valence-electron chi connectivity index (χ1n) is 8.51. The molecular formula is C20H24N2O5. The Kier molecular flexibility index (Phi) is 7.96. The zero-order valence-electron chi connectivity index (χ0n) is 15.7. The fraction of sp³-hybridized carbons (Fsp3) is 0.300. The molecule has 0 bridgehead atoms. The van der Waals surface area contributed by atoms with Gasteiger partial charge in [0.1, 0.15) is 5.75 Å². The Balaban J connectivity index is 1.87. The van der Waals surface area contributed by atoms with Crippen molar-refractivity contribution in [2.24, 2.45) is 5.10 Å². The molecule has 0 aromatic heterocycles. The fourth-order valence-electron chi connectivity index (χ4n) is 2.28. The number of hydrogen-bond donors (Lipinski definition) is 1. The molecule has 144 valence electrons. The lowest BCUT2D eigenvalue weighted by molar-refractivity contribution is -0.145. The van der Waals surface area contributed by atoms with Gasteiger partial charge >= 0.3 is 5.97 Å². The smallest absolute Gasteiger partial charge is 0.344 e. The van der Waals surface area contributed by atoms with E-state index >= 15 is 0 Å². The lowest BCUT2D eigenvalue weighted by Crippen LogP contribution is -2.14. The van der Waals surface area contributed by atoms with Gasteiger partial charge < -0.3 is 24.4 Å². The van der Waals surface area contributed by atoms with Gasteiger partial charge in [-0.15, -0.1) is 0 Å². The second-order valence-corrected chi connectivity index (χ2v) is 5.45. The van der Waals surface area contributed by atoms with Crippen molar-refractivity contribution in [3.63, 3.8) is 0 Å². The third-order valence-corrected chi connectivity index (χ3v) is 3.56. The van der Waals surface area contributed by atoms with Crippen molar-refractivity contribution in [1.82, 2.24) is 5.43 Å². The van der Waals surface area contributed by atoms with E-state index in [1.54, 1.807) is 39.5 Å². The average Bonchev–Trinajstić information content (AvgIpc) is 2.70. The van der Waals surface area contributed by atoms with Crippen molar-refractivity contribution in [3.05, 3.63) is 53.6 Å². The number of methoxy groups -OCH3 is 2. The van der Waals surface area contributed by atoms with Crippen molar-refractivity contribution in [3.8, 4) is 17.2 Å². The summed E-state index contributed by atoms with van der Waals surface area (Å²) in [5.74, 6) is 1.54. The molecule has 0 amide bonds. The van der Waals surface area contributed by atoms with Crippen LogP contribution in [-0.2, 0) is 16.1 Å². The van der Waals surface area contributed by atoms with E-state index in [4.69, 9.17) is 18.9 Å². The average molecular weight is 372 g/mol. The van der Waals surface area contributed by atoms with Gasteiger partial charge in [-0.25, -0.2) is 4.79 Å². The predicted octanol–water partition coefficient (Wildman–Crippen LogP) is 2.77. The maximum atomic E-state index is 11.3. The van der Waals surface area contributed by atoms with E-state index in [1.807, 2.05) is 30.3 Å². The van der Waals surface area contributed by atoms with Crippen molar-refractivity contribution < 1.29 is 23.7 Å². The van der Waals surface area contributed by atoms with Crippen molar-refractivity contribution in [2.75, 3.05) is 27.4 Å². The van der Waals surface area contributed by atoms with E-state index in [0.717, 1.165) is 11.1 Å². The van der Waals surface area contributed by atoms with Gasteiger partial charge in [0.2, 0.25) is 0 Å². The number of esters is 1. The van der Waals surface area contributed by atoms with Gasteiger partial charge in [0.25, 0.3) is 0 Å². The molecule has 0 fully saturated rings. The van der Waals surface area contributed by atoms with E-state index < -0.39 is 5.97 Å². The Hall–Kier alpha value is -3.22. The molecule has 0 saturated heterocycles. The largest absolute Gasteiger partial charge is 0.493 e. The van der Waals surface area contributed by atoms with Crippen LogP contribution < -0.4 is 19.6 Å². The van der Waals surface area contributed by atoms with Crippen molar-refractivity contribution in [2.45, 2.75) is 13.5 Å². The number of nitrogens with zero attached hydrogens (tertiary/aromatic N) is 1. The van der Waals surface area contributed by atoms with E-state index in [-0.39, 0.29) is 6.61 Å². The van der Waals surface area contributed by atoms with Crippen LogP contribution in [0.15, 0.2) is 47.6 Å². The number of rotatable bonds is 10. The van der Waals surface area contributed by atoms with Gasteiger partial charge in [-0.1, -0.05) is 18.2 Å². The number of hydrazone groups is 1. The van der Waals surface area contributed by atoms with Gasteiger partial charge in [0.05, 0.1) is 33.6 Å². The van der Waals surface area contributed by atoms with Gasteiger partial charge in [-0.2, -0.15) is 5.10 Å². The molecule has 0 atom stereocenters. The zero-order valence-corrected chi connectivity index (χ0v) is 15.7. The summed E-state index contributed by atoms with van der Waals surface area (Å²) >= 11 is 0. The highest BCUT2D eigenvalue weighted by Gasteiger charge is 2.04. The molecule has 0 heterocycles. The Morgan fingerprint density at radius 3 is 2.67 bits per heavy atom. The first-order chi connectivity index (χ1) is 13.2. The van der Waals surface area contributed by atoms with Gasteiger partial charge in [-0.3, -0.25) is 0 Å². The fourth-order valence-corrected chi connectivity index (χ4v) is 2.28. The third kappa shape index (κ3) is 6.54. The topological polar surface area (TPSA) is 78.4 Å². The number of carbonyl (C=O) groups is 1. The summed E-state index contributed by atoms with van der Waals surface area (Å²) in [7, 11) is 3.20. The Labute approximate surface area is 158 Å². The molecular weight excluding hydrogens is 348 g/mol. The van der Waals surface area contributed by atoms with Gasteiger partial charge in [0, 0.05) is 0 Å². The van der Waals surface area contributed by atoms with Crippen LogP contribution >= 0.6 is 0 Å². The quantitative estimate of drug-likeness (QED) is 0.393. The minimum atomic E-state index is -0.395. The molecule has 1 N–H and O–H groups in total. The number of benzene rings is 2. The van der Waals surface area contributed by atoms with Crippen LogP contribution in [0.3, 0.4) is 0 Å². The maximum Gasteiger partial charge on any atom is 0.344 e. The molecule has 0 aliphatic heterocycles. The van der Waals surface area contributed by atoms with Gasteiger partial charge in [0.15, 0.2) is 18.1 Å². The summed E-state index contributed by atoms with van der Waals surface area (Å²) in [6, 6.07) is 13.0. The normalized spacial score (nSPS) is 10.5. The highest BCUT2D eigenvalue weighted by Crippen LogP contribution is 2.27. The number of hydrogen-bond acceptors (Lipinski definition) is 7. The monoisotopic (exact) mass is 372 g/mol. The summed E-state index contributed by atoms with van der Waals surface area (Å²) in [6.07, 6.45) is 1.68. The predicted molar refractivity (Wildman–Crippen MR) is 103 cm³/mol. The zero-order chi connectivity index (χ0) is 19.5. The number of carbonyl (C=O) groups excluding carboxylic acids is 1. The highest BCUT2D eigenvalue weighted by molar-refractivity contribution is 5.80. The minimum Gasteiger partial charge on any atom is -0.493 e. The Morgan fingerprint density at radius 1 is 1.11 bits per heavy atom. The third-order valence-electron chi connectivity index (χ3n) is 3.56. The van der Waals surface area contributed by atoms with Crippen LogP contribution in [0, 0.1) is 0 Å². The molecule has 2 aromatic rings. The number of nitrogens with one attached hydrogen (secondary N) is 1. The van der Waals surface area contributed by atoms with E-state index in [2.05, 4.69) is 10.5 Å². The van der Waals surface area contributed by atoms with E-state index in [0.29, 0.717) is 30.4 Å². The minimum absolute atomic E-state index is 0.119. The molecule has 0 radical (unpaired) electrons.